The molecular weight excluding hydrogens is 551 g/mol. The van der Waals surface area contributed by atoms with Crippen LogP contribution in [-0.4, -0.2) is 62.2 Å². The van der Waals surface area contributed by atoms with Gasteiger partial charge in [0.15, 0.2) is 5.54 Å². The lowest BCUT2D eigenvalue weighted by atomic mass is 9.95. The second kappa shape index (κ2) is 10.3. The van der Waals surface area contributed by atoms with Crippen LogP contribution >= 0.6 is 23.2 Å². The molecule has 3 N–H and O–H groups in total. The van der Waals surface area contributed by atoms with Gasteiger partial charge in [-0.25, -0.2) is 9.97 Å². The molecule has 0 bridgehead atoms. The summed E-state index contributed by atoms with van der Waals surface area (Å²) < 4.78 is 0. The van der Waals surface area contributed by atoms with E-state index in [4.69, 9.17) is 28.9 Å². The van der Waals surface area contributed by atoms with Gasteiger partial charge in [-0.3, -0.25) is 19.7 Å². The molecule has 2 aliphatic rings. The van der Waals surface area contributed by atoms with Crippen LogP contribution < -0.4 is 11.1 Å². The van der Waals surface area contributed by atoms with Gasteiger partial charge in [0, 0.05) is 55.8 Å². The molecule has 6 rings (SSSR count). The van der Waals surface area contributed by atoms with Gasteiger partial charge in [-0.2, -0.15) is 0 Å². The van der Waals surface area contributed by atoms with Crippen LogP contribution in [0.1, 0.15) is 24.0 Å². The Balaban J connectivity index is 1.16. The maximum Gasteiger partial charge on any atom is 0.253 e. The Kier molecular flexibility index (Phi) is 6.82. The number of likely N-dealkylation sites (tertiary alicyclic amines) is 2. The summed E-state index contributed by atoms with van der Waals surface area (Å²) in [6.07, 6.45) is 3.92. The van der Waals surface area contributed by atoms with Crippen molar-refractivity contribution in [3.05, 3.63) is 82.4 Å². The number of nitrogens with zero attached hydrogens (tertiary/aromatic N) is 4. The van der Waals surface area contributed by atoms with Crippen molar-refractivity contribution in [2.24, 2.45) is 5.73 Å². The van der Waals surface area contributed by atoms with Gasteiger partial charge in [-0.15, -0.1) is 0 Å². The Morgan fingerprint density at radius 3 is 2.05 bits per heavy atom. The van der Waals surface area contributed by atoms with E-state index in [0.717, 1.165) is 32.7 Å². The summed E-state index contributed by atoms with van der Waals surface area (Å²) in [6, 6.07) is 14.6. The topological polar surface area (TPSA) is 122 Å². The molecule has 3 amide bonds. The number of hydrogen-bond donors (Lipinski definition) is 2. The quantitative estimate of drug-likeness (QED) is 0.257. The van der Waals surface area contributed by atoms with Crippen LogP contribution in [-0.2, 0) is 27.5 Å². The number of nitrogens with one attached hydrogen (secondary N) is 1. The van der Waals surface area contributed by atoms with Crippen molar-refractivity contribution in [1.29, 1.82) is 0 Å². The molecule has 2 aromatic carbocycles. The minimum Gasteiger partial charge on any atom is -0.368 e. The molecule has 2 atom stereocenters. The molecule has 9 nitrogen and oxygen atoms in total. The second-order valence-corrected chi connectivity index (χ2v) is 11.0. The van der Waals surface area contributed by atoms with Crippen molar-refractivity contribution >= 4 is 62.5 Å². The molecule has 2 saturated heterocycles. The number of pyridine rings is 2. The van der Waals surface area contributed by atoms with E-state index in [2.05, 4.69) is 15.3 Å². The molecule has 0 aliphatic carbocycles. The number of benzene rings is 2. The molecule has 11 heteroatoms. The van der Waals surface area contributed by atoms with E-state index >= 15 is 0 Å². The maximum atomic E-state index is 13.6. The minimum absolute atomic E-state index is 0.178. The third-order valence-corrected chi connectivity index (χ3v) is 8.46. The predicted molar refractivity (Wildman–Crippen MR) is 152 cm³/mol. The standard InChI is InChI=1S/C29H26Cl2N6O3/c30-24-21-13-17(1-3-19(21)5-9-33-24)15-36-11-7-23(26(36)38)35-29(27(32)39)8-12-37(28(29)40)16-18-2-4-20-6-10-34-25(31)22(20)14-18/h1-6,9-10,13-14,23,35H,7-8,11-12,15-16H2,(H2,32,39)/t23-,29-/m0/s1. The fourth-order valence-corrected chi connectivity index (χ4v) is 6.13. The van der Waals surface area contributed by atoms with E-state index in [-0.39, 0.29) is 18.9 Å². The number of hydrogen-bond acceptors (Lipinski definition) is 6. The third kappa shape index (κ3) is 4.64. The summed E-state index contributed by atoms with van der Waals surface area (Å²) >= 11 is 12.5. The zero-order chi connectivity index (χ0) is 28.0. The molecule has 0 radical (unpaired) electrons. The predicted octanol–water partition coefficient (Wildman–Crippen LogP) is 3.44. The van der Waals surface area contributed by atoms with Gasteiger partial charge in [0.25, 0.3) is 5.91 Å². The number of amides is 3. The molecule has 0 spiro atoms. The van der Waals surface area contributed by atoms with Gasteiger partial charge in [0.2, 0.25) is 11.8 Å². The zero-order valence-corrected chi connectivity index (χ0v) is 23.0. The lowest BCUT2D eigenvalue weighted by Crippen LogP contribution is -2.64. The maximum absolute atomic E-state index is 13.6. The molecule has 4 aromatic rings. The summed E-state index contributed by atoms with van der Waals surface area (Å²) in [5.74, 6) is -1.39. The van der Waals surface area contributed by atoms with Gasteiger partial charge in [-0.1, -0.05) is 47.5 Å². The Morgan fingerprint density at radius 1 is 0.900 bits per heavy atom. The molecule has 0 unspecified atom stereocenters. The monoisotopic (exact) mass is 576 g/mol. The lowest BCUT2D eigenvalue weighted by molar-refractivity contribution is -0.141. The molecule has 40 heavy (non-hydrogen) atoms. The first-order valence-corrected chi connectivity index (χ1v) is 13.7. The lowest BCUT2D eigenvalue weighted by Gasteiger charge is -2.29. The van der Waals surface area contributed by atoms with E-state index in [1.165, 1.54) is 0 Å². The van der Waals surface area contributed by atoms with Crippen molar-refractivity contribution in [2.75, 3.05) is 13.1 Å². The summed E-state index contributed by atoms with van der Waals surface area (Å²) in [4.78, 5) is 51.2. The molecule has 4 heterocycles. The summed E-state index contributed by atoms with van der Waals surface area (Å²) in [6.45, 7) is 1.46. The highest BCUT2D eigenvalue weighted by Crippen LogP contribution is 2.30. The first-order chi connectivity index (χ1) is 19.2. The molecule has 0 saturated carbocycles. The van der Waals surface area contributed by atoms with Crippen molar-refractivity contribution < 1.29 is 14.4 Å². The number of aromatic nitrogens is 2. The molecule has 204 valence electrons. The molecule has 2 fully saturated rings. The number of rotatable bonds is 7. The fraction of sp³-hybridized carbons (Fsp3) is 0.276. The van der Waals surface area contributed by atoms with Gasteiger partial charge in [-0.05, 0) is 52.6 Å². The Labute approximate surface area is 240 Å². The van der Waals surface area contributed by atoms with Crippen LogP contribution in [0.15, 0.2) is 60.9 Å². The van der Waals surface area contributed by atoms with Crippen molar-refractivity contribution in [2.45, 2.75) is 37.5 Å². The number of nitrogens with two attached hydrogens (primary N) is 1. The summed E-state index contributed by atoms with van der Waals surface area (Å²) in [7, 11) is 0. The summed E-state index contributed by atoms with van der Waals surface area (Å²) in [5.41, 5.74) is 5.92. The van der Waals surface area contributed by atoms with Crippen LogP contribution in [0.4, 0.5) is 0 Å². The number of carbonyl (C=O) groups excluding carboxylic acids is 3. The Hall–Kier alpha value is -3.79. The normalized spacial score (nSPS) is 21.2. The van der Waals surface area contributed by atoms with Crippen LogP contribution in [0, 0.1) is 0 Å². The molecule has 2 aromatic heterocycles. The Bertz CT molecular complexity index is 1680. The highest BCUT2D eigenvalue weighted by molar-refractivity contribution is 6.34. The number of halogens is 2. The van der Waals surface area contributed by atoms with Gasteiger partial charge in [0.05, 0.1) is 6.04 Å². The van der Waals surface area contributed by atoms with Crippen LogP contribution in [0.2, 0.25) is 10.3 Å². The molecule has 2 aliphatic heterocycles. The average Bonchev–Trinajstić information content (AvgIpc) is 3.44. The first kappa shape index (κ1) is 26.4. The fourth-order valence-electron chi connectivity index (χ4n) is 5.69. The third-order valence-electron chi connectivity index (χ3n) is 7.86. The van der Waals surface area contributed by atoms with E-state index in [1.54, 1.807) is 22.2 Å². The van der Waals surface area contributed by atoms with Crippen LogP contribution in [0.5, 0.6) is 0 Å². The minimum atomic E-state index is -1.64. The first-order valence-electron chi connectivity index (χ1n) is 13.0. The van der Waals surface area contributed by atoms with E-state index in [9.17, 15) is 14.4 Å². The molecular formula is C29H26Cl2N6O3. The van der Waals surface area contributed by atoms with Crippen LogP contribution in [0.25, 0.3) is 21.5 Å². The highest BCUT2D eigenvalue weighted by Gasteiger charge is 2.54. The van der Waals surface area contributed by atoms with Crippen molar-refractivity contribution in [3.63, 3.8) is 0 Å². The highest BCUT2D eigenvalue weighted by atomic mass is 35.5. The van der Waals surface area contributed by atoms with Gasteiger partial charge in [0.1, 0.15) is 10.3 Å². The van der Waals surface area contributed by atoms with E-state index in [0.29, 0.717) is 36.4 Å². The van der Waals surface area contributed by atoms with Crippen LogP contribution in [0.3, 0.4) is 0 Å². The van der Waals surface area contributed by atoms with Gasteiger partial charge < -0.3 is 15.5 Å². The SMILES string of the molecule is NC(=O)[C@@]1(N[C@H]2CCN(Cc3ccc4ccnc(Cl)c4c3)C2=O)CCN(Cc2ccc3ccnc(Cl)c3c2)C1=O. The average molecular weight is 577 g/mol. The van der Waals surface area contributed by atoms with E-state index in [1.807, 2.05) is 48.5 Å². The zero-order valence-electron chi connectivity index (χ0n) is 21.4. The second-order valence-electron chi connectivity index (χ2n) is 10.3. The van der Waals surface area contributed by atoms with Gasteiger partial charge >= 0.3 is 0 Å². The number of fused-ring (bicyclic) bond motifs is 2. The van der Waals surface area contributed by atoms with E-state index < -0.39 is 23.4 Å². The number of carbonyl (C=O) groups is 3. The van der Waals surface area contributed by atoms with Crippen molar-refractivity contribution in [3.8, 4) is 0 Å². The number of primary amides is 1. The Morgan fingerprint density at radius 2 is 1.48 bits per heavy atom. The summed E-state index contributed by atoms with van der Waals surface area (Å²) in [5, 5.41) is 7.38. The van der Waals surface area contributed by atoms with Crippen molar-refractivity contribution in [1.82, 2.24) is 25.1 Å². The largest absolute Gasteiger partial charge is 0.368 e. The smallest absolute Gasteiger partial charge is 0.253 e.